The Balaban J connectivity index is 3.82. The number of rotatable bonds is 5. The quantitative estimate of drug-likeness (QED) is 0.632. The number of alkyl halides is 1. The molecule has 0 heterocycles. The van der Waals surface area contributed by atoms with Crippen molar-refractivity contribution >= 4 is 17.5 Å². The van der Waals surface area contributed by atoms with Gasteiger partial charge in [0, 0.05) is 13.6 Å². The van der Waals surface area contributed by atoms with Gasteiger partial charge in [-0.05, 0) is 11.8 Å². The lowest BCUT2D eigenvalue weighted by atomic mass is 9.86. The van der Waals surface area contributed by atoms with Crippen LogP contribution < -0.4 is 0 Å². The molecule has 0 atom stereocenters. The number of carbonyl (C=O) groups is 1. The molecule has 13 heavy (non-hydrogen) atoms. The van der Waals surface area contributed by atoms with E-state index in [9.17, 15) is 4.79 Å². The van der Waals surface area contributed by atoms with Crippen LogP contribution in [0.5, 0.6) is 0 Å². The van der Waals surface area contributed by atoms with Crippen LogP contribution >= 0.6 is 11.6 Å². The van der Waals surface area contributed by atoms with Crippen LogP contribution in [-0.4, -0.2) is 30.3 Å². The summed E-state index contributed by atoms with van der Waals surface area (Å²) in [6.07, 6.45) is 2.17. The van der Waals surface area contributed by atoms with E-state index in [4.69, 9.17) is 11.6 Å². The first kappa shape index (κ1) is 12.8. The zero-order chi connectivity index (χ0) is 10.5. The second-order valence-corrected chi connectivity index (χ2v) is 4.48. The predicted octanol–water partition coefficient (Wildman–Crippen LogP) is 2.51. The summed E-state index contributed by atoms with van der Waals surface area (Å²) >= 11 is 5.44. The van der Waals surface area contributed by atoms with E-state index in [0.29, 0.717) is 5.41 Å². The third-order valence-electron chi connectivity index (χ3n) is 2.62. The van der Waals surface area contributed by atoms with Crippen LogP contribution in [0.15, 0.2) is 0 Å². The topological polar surface area (TPSA) is 20.3 Å². The summed E-state index contributed by atoms with van der Waals surface area (Å²) in [6, 6.07) is 0. The summed E-state index contributed by atoms with van der Waals surface area (Å²) in [5.74, 6) is 0.0943. The van der Waals surface area contributed by atoms with Crippen LogP contribution in [0.25, 0.3) is 0 Å². The largest absolute Gasteiger partial charge is 0.345 e. The van der Waals surface area contributed by atoms with Gasteiger partial charge in [0.1, 0.15) is 5.88 Å². The molecule has 1 amide bonds. The standard InChI is InChI=1S/C10H20ClNO/c1-5-10(2,3)6-7-12(4)9(13)8-11/h5-8H2,1-4H3. The van der Waals surface area contributed by atoms with Gasteiger partial charge >= 0.3 is 0 Å². The van der Waals surface area contributed by atoms with E-state index in [0.717, 1.165) is 19.4 Å². The molecule has 0 spiro atoms. The summed E-state index contributed by atoms with van der Waals surface area (Å²) in [7, 11) is 1.80. The number of hydrogen-bond donors (Lipinski definition) is 0. The Morgan fingerprint density at radius 1 is 1.46 bits per heavy atom. The molecule has 78 valence electrons. The summed E-state index contributed by atoms with van der Waals surface area (Å²) in [5.41, 5.74) is 0.320. The minimum Gasteiger partial charge on any atom is -0.345 e. The Morgan fingerprint density at radius 3 is 2.38 bits per heavy atom. The third kappa shape index (κ3) is 5.14. The highest BCUT2D eigenvalue weighted by atomic mass is 35.5. The molecule has 0 fully saturated rings. The molecule has 0 aromatic rings. The van der Waals surface area contributed by atoms with Gasteiger partial charge in [0.2, 0.25) is 5.91 Å². The molecule has 0 radical (unpaired) electrons. The molecule has 0 unspecified atom stereocenters. The van der Waals surface area contributed by atoms with E-state index in [1.165, 1.54) is 0 Å². The SMILES string of the molecule is CCC(C)(C)CCN(C)C(=O)CCl. The molecule has 2 nitrogen and oxygen atoms in total. The maximum atomic E-state index is 11.1. The molecule has 0 bridgehead atoms. The van der Waals surface area contributed by atoms with Crippen molar-refractivity contribution in [1.29, 1.82) is 0 Å². The van der Waals surface area contributed by atoms with Gasteiger partial charge in [-0.15, -0.1) is 11.6 Å². The van der Waals surface area contributed by atoms with E-state index in [1.807, 2.05) is 0 Å². The Hall–Kier alpha value is -0.240. The van der Waals surface area contributed by atoms with Crippen LogP contribution in [0, 0.1) is 5.41 Å². The molecule has 0 saturated carbocycles. The highest BCUT2D eigenvalue weighted by Gasteiger charge is 2.16. The van der Waals surface area contributed by atoms with Gasteiger partial charge in [0.15, 0.2) is 0 Å². The number of nitrogens with zero attached hydrogens (tertiary/aromatic N) is 1. The molecule has 0 aliphatic rings. The number of halogens is 1. The molecule has 0 aromatic heterocycles. The van der Waals surface area contributed by atoms with E-state index in [2.05, 4.69) is 20.8 Å². The summed E-state index contributed by atoms with van der Waals surface area (Å²) in [5, 5.41) is 0. The van der Waals surface area contributed by atoms with Crippen molar-refractivity contribution in [2.45, 2.75) is 33.6 Å². The summed E-state index contributed by atoms with van der Waals surface area (Å²) < 4.78 is 0. The highest BCUT2D eigenvalue weighted by molar-refractivity contribution is 6.27. The molecule has 0 aliphatic heterocycles. The smallest absolute Gasteiger partial charge is 0.237 e. The molecule has 0 rings (SSSR count). The molecular weight excluding hydrogens is 186 g/mol. The van der Waals surface area contributed by atoms with Gasteiger partial charge < -0.3 is 4.90 Å². The molecule has 0 aromatic carbocycles. The lowest BCUT2D eigenvalue weighted by Gasteiger charge is -2.25. The van der Waals surface area contributed by atoms with Crippen molar-refractivity contribution in [3.05, 3.63) is 0 Å². The van der Waals surface area contributed by atoms with Gasteiger partial charge in [-0.25, -0.2) is 0 Å². The first-order valence-electron chi connectivity index (χ1n) is 4.73. The Morgan fingerprint density at radius 2 is 2.00 bits per heavy atom. The van der Waals surface area contributed by atoms with Gasteiger partial charge in [0.05, 0.1) is 0 Å². The fraction of sp³-hybridized carbons (Fsp3) is 0.900. The molecule has 0 aliphatic carbocycles. The van der Waals surface area contributed by atoms with E-state index in [-0.39, 0.29) is 11.8 Å². The second kappa shape index (κ2) is 5.48. The van der Waals surface area contributed by atoms with E-state index >= 15 is 0 Å². The number of hydrogen-bond acceptors (Lipinski definition) is 1. The summed E-state index contributed by atoms with van der Waals surface area (Å²) in [6.45, 7) is 7.40. The number of amides is 1. The van der Waals surface area contributed by atoms with Gasteiger partial charge in [-0.2, -0.15) is 0 Å². The van der Waals surface area contributed by atoms with E-state index in [1.54, 1.807) is 11.9 Å². The average molecular weight is 206 g/mol. The lowest BCUT2D eigenvalue weighted by molar-refractivity contribution is -0.127. The van der Waals surface area contributed by atoms with Crippen molar-refractivity contribution < 1.29 is 4.79 Å². The fourth-order valence-corrected chi connectivity index (χ4v) is 1.08. The van der Waals surface area contributed by atoms with Crippen LogP contribution in [0.3, 0.4) is 0 Å². The van der Waals surface area contributed by atoms with Gasteiger partial charge in [0.25, 0.3) is 0 Å². The minimum absolute atomic E-state index is 0.00793. The van der Waals surface area contributed by atoms with Crippen LogP contribution in [0.4, 0.5) is 0 Å². The maximum Gasteiger partial charge on any atom is 0.237 e. The molecule has 0 saturated heterocycles. The minimum atomic E-state index is 0.00793. The second-order valence-electron chi connectivity index (χ2n) is 4.22. The zero-order valence-electron chi connectivity index (χ0n) is 9.06. The van der Waals surface area contributed by atoms with Crippen molar-refractivity contribution in [1.82, 2.24) is 4.90 Å². The van der Waals surface area contributed by atoms with Crippen molar-refractivity contribution in [2.75, 3.05) is 19.5 Å². The maximum absolute atomic E-state index is 11.1. The van der Waals surface area contributed by atoms with Gasteiger partial charge in [-0.3, -0.25) is 4.79 Å². The third-order valence-corrected chi connectivity index (χ3v) is 2.85. The molecule has 0 N–H and O–H groups in total. The first-order chi connectivity index (χ1) is 5.93. The zero-order valence-corrected chi connectivity index (χ0v) is 9.82. The van der Waals surface area contributed by atoms with Crippen molar-refractivity contribution in [3.63, 3.8) is 0 Å². The van der Waals surface area contributed by atoms with Crippen LogP contribution in [0.1, 0.15) is 33.6 Å². The highest BCUT2D eigenvalue weighted by Crippen LogP contribution is 2.24. The number of carbonyl (C=O) groups excluding carboxylic acids is 1. The fourth-order valence-electron chi connectivity index (χ4n) is 0.874. The predicted molar refractivity (Wildman–Crippen MR) is 57.0 cm³/mol. The average Bonchev–Trinajstić information content (AvgIpc) is 2.13. The Kier molecular flexibility index (Phi) is 5.38. The lowest BCUT2D eigenvalue weighted by Crippen LogP contribution is -2.31. The van der Waals surface area contributed by atoms with Crippen LogP contribution in [0.2, 0.25) is 0 Å². The Labute approximate surface area is 86.2 Å². The first-order valence-corrected chi connectivity index (χ1v) is 5.26. The molecule has 3 heteroatoms. The summed E-state index contributed by atoms with van der Waals surface area (Å²) in [4.78, 5) is 12.8. The van der Waals surface area contributed by atoms with E-state index < -0.39 is 0 Å². The van der Waals surface area contributed by atoms with Gasteiger partial charge in [-0.1, -0.05) is 27.2 Å². The monoisotopic (exact) mass is 205 g/mol. The van der Waals surface area contributed by atoms with Crippen molar-refractivity contribution in [2.24, 2.45) is 5.41 Å². The van der Waals surface area contributed by atoms with Crippen molar-refractivity contribution in [3.8, 4) is 0 Å². The normalized spacial score (nSPS) is 11.5. The Bertz CT molecular complexity index is 168. The van der Waals surface area contributed by atoms with Crippen LogP contribution in [-0.2, 0) is 4.79 Å². The molecular formula is C10H20ClNO.